The van der Waals surface area contributed by atoms with E-state index in [0.29, 0.717) is 18.0 Å². The number of ether oxygens (including phenoxy) is 1. The second kappa shape index (κ2) is 18.8. The molecule has 31 heavy (non-hydrogen) atoms. The fourth-order valence-electron chi connectivity index (χ4n) is 3.82. The third-order valence-electron chi connectivity index (χ3n) is 5.75. The number of carbonyl (C=O) groups is 1. The average molecular weight is 435 g/mol. The number of benzene rings is 1. The summed E-state index contributed by atoms with van der Waals surface area (Å²) in [6, 6.07) is 4.56. The molecule has 1 aromatic rings. The number of anilines is 1. The van der Waals surface area contributed by atoms with Gasteiger partial charge in [-0.3, -0.25) is 0 Å². The van der Waals surface area contributed by atoms with Crippen LogP contribution in [-0.2, 0) is 0 Å². The summed E-state index contributed by atoms with van der Waals surface area (Å²) in [4.78, 5) is 11.9. The van der Waals surface area contributed by atoms with Gasteiger partial charge in [-0.15, -0.1) is 0 Å². The number of nitrogens with one attached hydrogen (secondary N) is 2. The van der Waals surface area contributed by atoms with Crippen LogP contribution in [0, 0.1) is 0 Å². The summed E-state index contributed by atoms with van der Waals surface area (Å²) in [5, 5.41) is 15.3. The van der Waals surface area contributed by atoms with E-state index in [1.165, 1.54) is 103 Å². The van der Waals surface area contributed by atoms with Crippen LogP contribution in [0.2, 0.25) is 0 Å². The third kappa shape index (κ3) is 14.7. The summed E-state index contributed by atoms with van der Waals surface area (Å²) < 4.78 is 4.99. The smallest absolute Gasteiger partial charge is 0.319 e. The van der Waals surface area contributed by atoms with E-state index in [4.69, 9.17) is 4.74 Å². The van der Waals surface area contributed by atoms with Crippen LogP contribution < -0.4 is 15.4 Å². The number of phenolic OH excluding ortho intramolecular Hbond substituents is 1. The van der Waals surface area contributed by atoms with Crippen LogP contribution in [0.25, 0.3) is 0 Å². The zero-order valence-corrected chi connectivity index (χ0v) is 20.0. The lowest BCUT2D eigenvalue weighted by atomic mass is 10.0. The van der Waals surface area contributed by atoms with Gasteiger partial charge in [-0.2, -0.15) is 0 Å². The fraction of sp³-hybridized carbons (Fsp3) is 0.731. The van der Waals surface area contributed by atoms with Crippen molar-refractivity contribution in [3.63, 3.8) is 0 Å². The van der Waals surface area contributed by atoms with Gasteiger partial charge < -0.3 is 20.5 Å². The van der Waals surface area contributed by atoms with E-state index >= 15 is 0 Å². The topological polar surface area (TPSA) is 70.6 Å². The molecule has 0 aliphatic carbocycles. The normalized spacial score (nSPS) is 10.8. The van der Waals surface area contributed by atoms with Crippen LogP contribution in [0.3, 0.4) is 0 Å². The molecule has 0 saturated heterocycles. The molecule has 0 atom stereocenters. The quantitative estimate of drug-likeness (QED) is 0.195. The van der Waals surface area contributed by atoms with E-state index in [0.717, 1.165) is 12.8 Å². The first-order chi connectivity index (χ1) is 15.2. The maximum Gasteiger partial charge on any atom is 0.319 e. The van der Waals surface area contributed by atoms with E-state index in [2.05, 4.69) is 17.6 Å². The van der Waals surface area contributed by atoms with Crippen molar-refractivity contribution >= 4 is 11.7 Å². The molecular formula is C26H46N2O3. The minimum absolute atomic E-state index is 0.0121. The maximum absolute atomic E-state index is 11.9. The Bertz CT molecular complexity index is 578. The van der Waals surface area contributed by atoms with E-state index in [1.54, 1.807) is 12.1 Å². The first-order valence-corrected chi connectivity index (χ1v) is 12.6. The first kappa shape index (κ1) is 27.1. The standard InChI is InChI=1S/C26H46N2O3/c1-3-4-5-6-7-8-9-10-11-12-13-14-15-16-17-18-21-27-26(30)28-23-19-20-25(31-2)24(29)22-23/h19-20,22,29H,3-18,21H2,1-2H3,(H2,27,28,30). The molecule has 0 aliphatic heterocycles. The molecule has 5 nitrogen and oxygen atoms in total. The number of hydrogen-bond donors (Lipinski definition) is 3. The summed E-state index contributed by atoms with van der Waals surface area (Å²) in [6.07, 6.45) is 21.5. The summed E-state index contributed by atoms with van der Waals surface area (Å²) in [5.74, 6) is 0.400. The van der Waals surface area contributed by atoms with E-state index in [1.807, 2.05) is 0 Å². The SMILES string of the molecule is CCCCCCCCCCCCCCCCCCNC(=O)Nc1ccc(OC)c(O)c1. The number of carbonyl (C=O) groups excluding carboxylic acids is 1. The number of rotatable bonds is 19. The molecular weight excluding hydrogens is 388 g/mol. The molecule has 1 aromatic carbocycles. The van der Waals surface area contributed by atoms with Gasteiger partial charge in [0, 0.05) is 18.3 Å². The van der Waals surface area contributed by atoms with Crippen LogP contribution in [0.15, 0.2) is 18.2 Å². The minimum atomic E-state index is -0.245. The predicted octanol–water partition coefficient (Wildman–Crippen LogP) is 7.78. The second-order valence-corrected chi connectivity index (χ2v) is 8.57. The van der Waals surface area contributed by atoms with Crippen LogP contribution in [0.4, 0.5) is 10.5 Å². The molecule has 2 amide bonds. The monoisotopic (exact) mass is 434 g/mol. The predicted molar refractivity (Wildman–Crippen MR) is 131 cm³/mol. The Morgan fingerprint density at radius 3 is 1.74 bits per heavy atom. The van der Waals surface area contributed by atoms with Gasteiger partial charge in [0.1, 0.15) is 0 Å². The molecule has 178 valence electrons. The molecule has 0 bridgehead atoms. The molecule has 0 aliphatic rings. The van der Waals surface area contributed by atoms with Gasteiger partial charge in [-0.25, -0.2) is 4.79 Å². The maximum atomic E-state index is 11.9. The molecule has 5 heteroatoms. The number of urea groups is 1. The van der Waals surface area contributed by atoms with Crippen molar-refractivity contribution in [1.82, 2.24) is 5.32 Å². The number of amides is 2. The second-order valence-electron chi connectivity index (χ2n) is 8.57. The molecule has 0 saturated carbocycles. The molecule has 3 N–H and O–H groups in total. The van der Waals surface area contributed by atoms with Gasteiger partial charge in [-0.05, 0) is 18.6 Å². The number of unbranched alkanes of at least 4 members (excludes halogenated alkanes) is 15. The Kier molecular flexibility index (Phi) is 16.5. The number of phenols is 1. The molecule has 0 aromatic heterocycles. The fourth-order valence-corrected chi connectivity index (χ4v) is 3.82. The van der Waals surface area contributed by atoms with Crippen molar-refractivity contribution in [1.29, 1.82) is 0 Å². The van der Waals surface area contributed by atoms with Crippen molar-refractivity contribution in [2.24, 2.45) is 0 Å². The van der Waals surface area contributed by atoms with Gasteiger partial charge in [0.15, 0.2) is 11.5 Å². The third-order valence-corrected chi connectivity index (χ3v) is 5.75. The van der Waals surface area contributed by atoms with Crippen molar-refractivity contribution in [2.75, 3.05) is 19.0 Å². The van der Waals surface area contributed by atoms with E-state index < -0.39 is 0 Å². The number of hydrogen-bond acceptors (Lipinski definition) is 3. The minimum Gasteiger partial charge on any atom is -0.504 e. The van der Waals surface area contributed by atoms with Crippen LogP contribution in [0.1, 0.15) is 110 Å². The lowest BCUT2D eigenvalue weighted by Crippen LogP contribution is -2.29. The number of methoxy groups -OCH3 is 1. The van der Waals surface area contributed by atoms with E-state index in [-0.39, 0.29) is 11.8 Å². The van der Waals surface area contributed by atoms with Crippen molar-refractivity contribution in [2.45, 2.75) is 110 Å². The van der Waals surface area contributed by atoms with Crippen LogP contribution in [0.5, 0.6) is 11.5 Å². The molecule has 0 heterocycles. The van der Waals surface area contributed by atoms with Crippen molar-refractivity contribution in [3.05, 3.63) is 18.2 Å². The molecule has 0 unspecified atom stereocenters. The van der Waals surface area contributed by atoms with Gasteiger partial charge in [0.25, 0.3) is 0 Å². The highest BCUT2D eigenvalue weighted by molar-refractivity contribution is 5.89. The highest BCUT2D eigenvalue weighted by Gasteiger charge is 2.05. The van der Waals surface area contributed by atoms with Gasteiger partial charge >= 0.3 is 6.03 Å². The van der Waals surface area contributed by atoms with Crippen LogP contribution >= 0.6 is 0 Å². The molecule has 0 spiro atoms. The summed E-state index contributed by atoms with van der Waals surface area (Å²) in [7, 11) is 1.49. The summed E-state index contributed by atoms with van der Waals surface area (Å²) in [6.45, 7) is 2.95. The highest BCUT2D eigenvalue weighted by atomic mass is 16.5. The van der Waals surface area contributed by atoms with Gasteiger partial charge in [0.2, 0.25) is 0 Å². The first-order valence-electron chi connectivity index (χ1n) is 12.6. The lowest BCUT2D eigenvalue weighted by Gasteiger charge is -2.09. The molecule has 0 fully saturated rings. The van der Waals surface area contributed by atoms with Gasteiger partial charge in [0.05, 0.1) is 7.11 Å². The Labute approximate surface area is 190 Å². The largest absolute Gasteiger partial charge is 0.504 e. The van der Waals surface area contributed by atoms with Gasteiger partial charge in [-0.1, -0.05) is 103 Å². The zero-order valence-electron chi connectivity index (χ0n) is 20.0. The Morgan fingerprint density at radius 2 is 1.29 bits per heavy atom. The average Bonchev–Trinajstić information content (AvgIpc) is 2.76. The van der Waals surface area contributed by atoms with Crippen molar-refractivity contribution in [3.8, 4) is 11.5 Å². The summed E-state index contributed by atoms with van der Waals surface area (Å²) in [5.41, 5.74) is 0.544. The highest BCUT2D eigenvalue weighted by Crippen LogP contribution is 2.28. The lowest BCUT2D eigenvalue weighted by molar-refractivity contribution is 0.252. The van der Waals surface area contributed by atoms with E-state index in [9.17, 15) is 9.90 Å². The Hall–Kier alpha value is -1.91. The zero-order chi connectivity index (χ0) is 22.6. The Balaban J connectivity index is 1.85. The van der Waals surface area contributed by atoms with Crippen LogP contribution in [-0.4, -0.2) is 24.8 Å². The molecule has 0 radical (unpaired) electrons. The Morgan fingerprint density at radius 1 is 0.806 bits per heavy atom. The summed E-state index contributed by atoms with van der Waals surface area (Å²) >= 11 is 0. The molecule has 1 rings (SSSR count). The van der Waals surface area contributed by atoms with Crippen molar-refractivity contribution < 1.29 is 14.6 Å². The number of aromatic hydroxyl groups is 1.